The highest BCUT2D eigenvalue weighted by atomic mass is 16.6. The summed E-state index contributed by atoms with van der Waals surface area (Å²) < 4.78 is 0. The van der Waals surface area contributed by atoms with E-state index >= 15 is 0 Å². The standard InChI is InChI=1S/C16H9NO3/c18-14-6-4-9-1-2-10-7-12(17(19)20)8-11-3-5-13(14)16(9)15(10)11/h1-8,18H. The topological polar surface area (TPSA) is 63.4 Å². The molecule has 4 nitrogen and oxygen atoms in total. The van der Waals surface area contributed by atoms with Gasteiger partial charge >= 0.3 is 0 Å². The van der Waals surface area contributed by atoms with E-state index < -0.39 is 0 Å². The molecular formula is C16H9NO3. The van der Waals surface area contributed by atoms with Gasteiger partial charge in [0.1, 0.15) is 5.75 Å². The summed E-state index contributed by atoms with van der Waals surface area (Å²) in [7, 11) is 0. The van der Waals surface area contributed by atoms with Crippen LogP contribution in [-0.4, -0.2) is 10.0 Å². The fraction of sp³-hybridized carbons (Fsp3) is 0. The van der Waals surface area contributed by atoms with E-state index in [9.17, 15) is 15.2 Å². The van der Waals surface area contributed by atoms with E-state index in [1.807, 2.05) is 30.3 Å². The zero-order valence-electron chi connectivity index (χ0n) is 10.3. The molecule has 1 N–H and O–H groups in total. The van der Waals surface area contributed by atoms with Crippen LogP contribution in [0.3, 0.4) is 0 Å². The Morgan fingerprint density at radius 2 is 1.45 bits per heavy atom. The molecule has 0 radical (unpaired) electrons. The molecule has 0 spiro atoms. The van der Waals surface area contributed by atoms with Gasteiger partial charge in [0.2, 0.25) is 0 Å². The molecule has 0 heterocycles. The monoisotopic (exact) mass is 263 g/mol. The third-order valence-electron chi connectivity index (χ3n) is 3.77. The number of nitro benzene ring substituents is 1. The van der Waals surface area contributed by atoms with Gasteiger partial charge < -0.3 is 5.11 Å². The first-order valence-electron chi connectivity index (χ1n) is 6.20. The van der Waals surface area contributed by atoms with Crippen molar-refractivity contribution in [2.75, 3.05) is 0 Å². The minimum absolute atomic E-state index is 0.0834. The van der Waals surface area contributed by atoms with Gasteiger partial charge in [0, 0.05) is 22.9 Å². The Morgan fingerprint density at radius 3 is 2.15 bits per heavy atom. The van der Waals surface area contributed by atoms with Crippen molar-refractivity contribution in [3.8, 4) is 5.75 Å². The zero-order chi connectivity index (χ0) is 13.9. The Balaban J connectivity index is 2.32. The van der Waals surface area contributed by atoms with Gasteiger partial charge in [-0.3, -0.25) is 10.1 Å². The zero-order valence-corrected chi connectivity index (χ0v) is 10.3. The summed E-state index contributed by atoms with van der Waals surface area (Å²) in [6.07, 6.45) is 0. The Labute approximate surface area is 113 Å². The molecule has 0 aliphatic rings. The van der Waals surface area contributed by atoms with E-state index in [1.54, 1.807) is 18.2 Å². The van der Waals surface area contributed by atoms with Crippen LogP contribution in [-0.2, 0) is 0 Å². The van der Waals surface area contributed by atoms with Crippen LogP contribution in [0.15, 0.2) is 48.5 Å². The van der Waals surface area contributed by atoms with Crippen molar-refractivity contribution in [1.82, 2.24) is 0 Å². The van der Waals surface area contributed by atoms with Gasteiger partial charge in [-0.2, -0.15) is 0 Å². The summed E-state index contributed by atoms with van der Waals surface area (Å²) in [5.41, 5.74) is 0.0834. The highest BCUT2D eigenvalue weighted by Gasteiger charge is 2.14. The number of non-ortho nitro benzene ring substituents is 1. The van der Waals surface area contributed by atoms with Crippen molar-refractivity contribution < 1.29 is 10.0 Å². The molecule has 4 aromatic rings. The predicted octanol–water partition coefficient (Wildman–Crippen LogP) is 4.20. The van der Waals surface area contributed by atoms with E-state index in [2.05, 4.69) is 0 Å². The van der Waals surface area contributed by atoms with Crippen molar-refractivity contribution in [3.63, 3.8) is 0 Å². The van der Waals surface area contributed by atoms with Crippen LogP contribution >= 0.6 is 0 Å². The van der Waals surface area contributed by atoms with Crippen LogP contribution in [0, 0.1) is 10.1 Å². The van der Waals surface area contributed by atoms with Gasteiger partial charge in [-0.15, -0.1) is 0 Å². The Morgan fingerprint density at radius 1 is 0.850 bits per heavy atom. The molecule has 0 bridgehead atoms. The van der Waals surface area contributed by atoms with Crippen molar-refractivity contribution >= 4 is 38.0 Å². The third-order valence-corrected chi connectivity index (χ3v) is 3.77. The van der Waals surface area contributed by atoms with Gasteiger partial charge in [-0.1, -0.05) is 24.3 Å². The second kappa shape index (κ2) is 3.57. The summed E-state index contributed by atoms with van der Waals surface area (Å²) in [6.45, 7) is 0. The maximum absolute atomic E-state index is 11.0. The smallest absolute Gasteiger partial charge is 0.270 e. The minimum atomic E-state index is -0.383. The van der Waals surface area contributed by atoms with E-state index in [0.717, 1.165) is 32.3 Å². The van der Waals surface area contributed by atoms with E-state index in [0.29, 0.717) is 0 Å². The summed E-state index contributed by atoms with van der Waals surface area (Å²) in [5, 5.41) is 26.3. The largest absolute Gasteiger partial charge is 0.507 e. The molecular weight excluding hydrogens is 254 g/mol. The molecule has 0 aliphatic carbocycles. The number of phenols is 1. The molecule has 4 aromatic carbocycles. The SMILES string of the molecule is O=[N+]([O-])c1cc2ccc3ccc(O)c4ccc(c1)c2c34. The lowest BCUT2D eigenvalue weighted by atomic mass is 9.93. The number of hydrogen-bond acceptors (Lipinski definition) is 3. The summed E-state index contributed by atoms with van der Waals surface area (Å²) in [4.78, 5) is 10.6. The first-order chi connectivity index (χ1) is 9.65. The van der Waals surface area contributed by atoms with Crippen LogP contribution in [0.5, 0.6) is 5.75 Å². The summed E-state index contributed by atoms with van der Waals surface area (Å²) in [5.74, 6) is 0.227. The second-order valence-corrected chi connectivity index (χ2v) is 4.89. The lowest BCUT2D eigenvalue weighted by Crippen LogP contribution is -1.90. The lowest BCUT2D eigenvalue weighted by molar-refractivity contribution is -0.384. The number of nitrogens with zero attached hydrogens (tertiary/aromatic N) is 1. The fourth-order valence-corrected chi connectivity index (χ4v) is 2.89. The molecule has 0 saturated heterocycles. The quantitative estimate of drug-likeness (QED) is 0.318. The minimum Gasteiger partial charge on any atom is -0.507 e. The predicted molar refractivity (Wildman–Crippen MR) is 78.5 cm³/mol. The number of hydrogen-bond donors (Lipinski definition) is 1. The third kappa shape index (κ3) is 1.30. The average Bonchev–Trinajstić information content (AvgIpc) is 2.46. The summed E-state index contributed by atoms with van der Waals surface area (Å²) in [6, 6.07) is 14.1. The molecule has 4 heteroatoms. The molecule has 20 heavy (non-hydrogen) atoms. The van der Waals surface area contributed by atoms with Gasteiger partial charge in [-0.25, -0.2) is 0 Å². The Hall–Kier alpha value is -2.88. The number of rotatable bonds is 1. The molecule has 0 aromatic heterocycles. The van der Waals surface area contributed by atoms with Crippen molar-refractivity contribution in [2.45, 2.75) is 0 Å². The molecule has 0 atom stereocenters. The van der Waals surface area contributed by atoms with Gasteiger partial charge in [0.25, 0.3) is 5.69 Å². The maximum atomic E-state index is 11.0. The van der Waals surface area contributed by atoms with Crippen LogP contribution < -0.4 is 0 Å². The molecule has 96 valence electrons. The molecule has 0 fully saturated rings. The Kier molecular flexibility index (Phi) is 1.96. The highest BCUT2D eigenvalue weighted by Crippen LogP contribution is 2.39. The normalized spacial score (nSPS) is 11.6. The van der Waals surface area contributed by atoms with Crippen LogP contribution in [0.2, 0.25) is 0 Å². The summed E-state index contributed by atoms with van der Waals surface area (Å²) >= 11 is 0. The molecule has 0 unspecified atom stereocenters. The maximum Gasteiger partial charge on any atom is 0.270 e. The van der Waals surface area contributed by atoms with Gasteiger partial charge in [-0.05, 0) is 33.7 Å². The van der Waals surface area contributed by atoms with Crippen molar-refractivity contribution in [2.24, 2.45) is 0 Å². The van der Waals surface area contributed by atoms with Crippen molar-refractivity contribution in [3.05, 3.63) is 58.6 Å². The first-order valence-corrected chi connectivity index (χ1v) is 6.20. The fourth-order valence-electron chi connectivity index (χ4n) is 2.89. The van der Waals surface area contributed by atoms with Crippen molar-refractivity contribution in [1.29, 1.82) is 0 Å². The van der Waals surface area contributed by atoms with E-state index in [1.165, 1.54) is 0 Å². The number of aromatic hydroxyl groups is 1. The molecule has 0 aliphatic heterocycles. The molecule has 4 rings (SSSR count). The van der Waals surface area contributed by atoms with Crippen LogP contribution in [0.4, 0.5) is 5.69 Å². The van der Waals surface area contributed by atoms with E-state index in [-0.39, 0.29) is 16.4 Å². The highest BCUT2D eigenvalue weighted by molar-refractivity contribution is 6.24. The van der Waals surface area contributed by atoms with Gasteiger partial charge in [0.05, 0.1) is 4.92 Å². The number of benzene rings is 4. The van der Waals surface area contributed by atoms with Crippen LogP contribution in [0.25, 0.3) is 32.3 Å². The lowest BCUT2D eigenvalue weighted by Gasteiger charge is -2.11. The molecule has 0 saturated carbocycles. The van der Waals surface area contributed by atoms with Gasteiger partial charge in [0.15, 0.2) is 0 Å². The second-order valence-electron chi connectivity index (χ2n) is 4.89. The Bertz CT molecular complexity index is 972. The average molecular weight is 263 g/mol. The van der Waals surface area contributed by atoms with E-state index in [4.69, 9.17) is 0 Å². The van der Waals surface area contributed by atoms with Crippen LogP contribution in [0.1, 0.15) is 0 Å². The molecule has 0 amide bonds. The number of nitro groups is 1. The first kappa shape index (κ1) is 11.0. The number of phenolic OH excluding ortho intramolecular Hbond substituents is 1.